The van der Waals surface area contributed by atoms with Gasteiger partial charge in [-0.25, -0.2) is 4.79 Å². The molecule has 0 aliphatic carbocycles. The fourth-order valence-corrected chi connectivity index (χ4v) is 2.16. The molecule has 0 fully saturated rings. The molecule has 1 unspecified atom stereocenters. The van der Waals surface area contributed by atoms with Crippen LogP contribution in [0, 0.1) is 6.92 Å². The van der Waals surface area contributed by atoms with Gasteiger partial charge in [0.25, 0.3) is 0 Å². The van der Waals surface area contributed by atoms with Crippen LogP contribution in [0.15, 0.2) is 48.5 Å². The summed E-state index contributed by atoms with van der Waals surface area (Å²) in [6.45, 7) is 1.86. The summed E-state index contributed by atoms with van der Waals surface area (Å²) >= 11 is 0. The van der Waals surface area contributed by atoms with Crippen molar-refractivity contribution in [3.63, 3.8) is 0 Å². The van der Waals surface area contributed by atoms with Crippen molar-refractivity contribution in [1.82, 2.24) is 5.32 Å². The highest BCUT2D eigenvalue weighted by atomic mass is 16.4. The highest BCUT2D eigenvalue weighted by molar-refractivity contribution is 5.97. The van der Waals surface area contributed by atoms with Crippen molar-refractivity contribution in [2.45, 2.75) is 19.4 Å². The molecule has 4 N–H and O–H groups in total. The Morgan fingerprint density at radius 2 is 1.74 bits per heavy atom. The van der Waals surface area contributed by atoms with E-state index in [0.29, 0.717) is 5.69 Å². The molecule has 23 heavy (non-hydrogen) atoms. The quantitative estimate of drug-likeness (QED) is 0.681. The molecule has 0 saturated heterocycles. The number of aryl methyl sites for hydroxylation is 1. The van der Waals surface area contributed by atoms with Gasteiger partial charge < -0.3 is 20.8 Å². The summed E-state index contributed by atoms with van der Waals surface area (Å²) in [5.74, 6) is -0.323. The molecule has 6 heteroatoms. The molecular formula is C17H18N2O4. The van der Waals surface area contributed by atoms with E-state index in [0.717, 1.165) is 11.1 Å². The number of nitrogens with one attached hydrogen (secondary N) is 2. The van der Waals surface area contributed by atoms with E-state index < -0.39 is 18.0 Å². The molecule has 0 spiro atoms. The zero-order valence-electron chi connectivity index (χ0n) is 12.6. The summed E-state index contributed by atoms with van der Waals surface area (Å²) in [7, 11) is 0. The van der Waals surface area contributed by atoms with Crippen molar-refractivity contribution < 1.29 is 19.8 Å². The lowest BCUT2D eigenvalue weighted by Crippen LogP contribution is -2.44. The molecular weight excluding hydrogens is 296 g/mol. The van der Waals surface area contributed by atoms with Crippen LogP contribution in [0.2, 0.25) is 0 Å². The zero-order valence-corrected chi connectivity index (χ0v) is 12.6. The van der Waals surface area contributed by atoms with E-state index in [1.165, 1.54) is 12.1 Å². The number of carboxylic acid groups (broad SMARTS) is 1. The Balaban J connectivity index is 2.13. The van der Waals surface area contributed by atoms with Gasteiger partial charge in [-0.1, -0.05) is 30.3 Å². The number of para-hydroxylation sites is 1. The maximum Gasteiger partial charge on any atom is 0.405 e. The molecule has 6 nitrogen and oxygen atoms in total. The molecule has 2 aromatic rings. The van der Waals surface area contributed by atoms with Gasteiger partial charge in [0.05, 0.1) is 0 Å². The number of anilines is 1. The van der Waals surface area contributed by atoms with E-state index in [-0.39, 0.29) is 12.2 Å². The van der Waals surface area contributed by atoms with Crippen LogP contribution in [0.4, 0.5) is 10.5 Å². The largest absolute Gasteiger partial charge is 0.508 e. The lowest BCUT2D eigenvalue weighted by atomic mass is 10.0. The van der Waals surface area contributed by atoms with Crippen LogP contribution < -0.4 is 10.6 Å². The third kappa shape index (κ3) is 4.74. The lowest BCUT2D eigenvalue weighted by Gasteiger charge is -2.18. The van der Waals surface area contributed by atoms with Crippen LogP contribution in [-0.2, 0) is 11.2 Å². The molecule has 0 heterocycles. The maximum absolute atomic E-state index is 12.4. The van der Waals surface area contributed by atoms with E-state index in [9.17, 15) is 14.7 Å². The summed E-state index contributed by atoms with van der Waals surface area (Å²) in [6, 6.07) is 12.6. The molecule has 0 aliphatic rings. The van der Waals surface area contributed by atoms with Crippen molar-refractivity contribution in [2.75, 3.05) is 5.32 Å². The average Bonchev–Trinajstić information content (AvgIpc) is 2.50. The number of benzene rings is 2. The fraction of sp³-hybridized carbons (Fsp3) is 0.176. The fourth-order valence-electron chi connectivity index (χ4n) is 2.16. The summed E-state index contributed by atoms with van der Waals surface area (Å²) in [6.07, 6.45) is -1.08. The monoisotopic (exact) mass is 314 g/mol. The number of amides is 2. The maximum atomic E-state index is 12.4. The molecule has 0 bridgehead atoms. The minimum Gasteiger partial charge on any atom is -0.508 e. The lowest BCUT2D eigenvalue weighted by molar-refractivity contribution is -0.118. The van der Waals surface area contributed by atoms with Crippen LogP contribution in [0.25, 0.3) is 0 Å². The minimum absolute atomic E-state index is 0.112. The zero-order chi connectivity index (χ0) is 16.8. The highest BCUT2D eigenvalue weighted by Gasteiger charge is 2.21. The Morgan fingerprint density at radius 3 is 2.35 bits per heavy atom. The predicted molar refractivity (Wildman–Crippen MR) is 86.6 cm³/mol. The molecule has 2 aromatic carbocycles. The van der Waals surface area contributed by atoms with E-state index in [4.69, 9.17) is 5.11 Å². The number of hydrogen-bond acceptors (Lipinski definition) is 3. The van der Waals surface area contributed by atoms with E-state index in [1.54, 1.807) is 24.3 Å². The highest BCUT2D eigenvalue weighted by Crippen LogP contribution is 2.15. The number of phenols is 1. The number of hydrogen-bond donors (Lipinski definition) is 4. The first-order valence-corrected chi connectivity index (χ1v) is 7.09. The standard InChI is InChI=1S/C17H18N2O4/c1-11-4-2-3-5-14(11)18-16(21)15(19-17(22)23)10-12-6-8-13(20)9-7-12/h2-9,15,19-20H,10H2,1H3,(H,18,21)(H,22,23). The Bertz CT molecular complexity index is 698. The SMILES string of the molecule is Cc1ccccc1NC(=O)C(Cc1ccc(O)cc1)NC(=O)O. The Morgan fingerprint density at radius 1 is 1.09 bits per heavy atom. The van der Waals surface area contributed by atoms with Crippen LogP contribution in [0.3, 0.4) is 0 Å². The van der Waals surface area contributed by atoms with E-state index >= 15 is 0 Å². The normalized spacial score (nSPS) is 11.5. The van der Waals surface area contributed by atoms with Gasteiger partial charge in [-0.3, -0.25) is 4.79 Å². The minimum atomic E-state index is -1.27. The van der Waals surface area contributed by atoms with Crippen LogP contribution in [-0.4, -0.2) is 28.3 Å². The van der Waals surface area contributed by atoms with Crippen molar-refractivity contribution in [1.29, 1.82) is 0 Å². The molecule has 120 valence electrons. The first kappa shape index (κ1) is 16.4. The molecule has 0 aromatic heterocycles. The van der Waals surface area contributed by atoms with Gasteiger partial charge in [-0.2, -0.15) is 0 Å². The number of carbonyl (C=O) groups excluding carboxylic acids is 1. The van der Waals surface area contributed by atoms with Crippen molar-refractivity contribution in [2.24, 2.45) is 0 Å². The second-order valence-corrected chi connectivity index (χ2v) is 5.18. The molecule has 1 atom stereocenters. The smallest absolute Gasteiger partial charge is 0.405 e. The summed E-state index contributed by atoms with van der Waals surface area (Å²) in [5.41, 5.74) is 2.27. The summed E-state index contributed by atoms with van der Waals surface area (Å²) in [5, 5.41) is 23.2. The van der Waals surface area contributed by atoms with Gasteiger partial charge >= 0.3 is 6.09 Å². The molecule has 2 rings (SSSR count). The van der Waals surface area contributed by atoms with Crippen molar-refractivity contribution in [3.8, 4) is 5.75 Å². The van der Waals surface area contributed by atoms with Gasteiger partial charge in [-0.05, 0) is 36.2 Å². The third-order valence-electron chi connectivity index (χ3n) is 3.39. The number of rotatable bonds is 5. The topological polar surface area (TPSA) is 98.7 Å². The number of aromatic hydroxyl groups is 1. The first-order valence-electron chi connectivity index (χ1n) is 7.09. The van der Waals surface area contributed by atoms with Crippen molar-refractivity contribution >= 4 is 17.7 Å². The van der Waals surface area contributed by atoms with E-state index in [2.05, 4.69) is 10.6 Å². The molecule has 0 aliphatic heterocycles. The van der Waals surface area contributed by atoms with Crippen LogP contribution >= 0.6 is 0 Å². The first-order chi connectivity index (χ1) is 11.0. The Hall–Kier alpha value is -3.02. The van der Waals surface area contributed by atoms with Gasteiger partial charge in [0.15, 0.2) is 0 Å². The molecule has 2 amide bonds. The van der Waals surface area contributed by atoms with Crippen molar-refractivity contribution in [3.05, 3.63) is 59.7 Å². The third-order valence-corrected chi connectivity index (χ3v) is 3.39. The summed E-state index contributed by atoms with van der Waals surface area (Å²) in [4.78, 5) is 23.3. The van der Waals surface area contributed by atoms with Crippen LogP contribution in [0.5, 0.6) is 5.75 Å². The predicted octanol–water partition coefficient (Wildman–Crippen LogP) is 2.52. The average molecular weight is 314 g/mol. The molecule has 0 saturated carbocycles. The van der Waals surface area contributed by atoms with Gasteiger partial charge in [0.2, 0.25) is 5.91 Å². The molecule has 0 radical (unpaired) electrons. The van der Waals surface area contributed by atoms with Gasteiger partial charge in [0.1, 0.15) is 11.8 Å². The van der Waals surface area contributed by atoms with Gasteiger partial charge in [0, 0.05) is 12.1 Å². The van der Waals surface area contributed by atoms with E-state index in [1.807, 2.05) is 19.1 Å². The van der Waals surface area contributed by atoms with Crippen LogP contribution in [0.1, 0.15) is 11.1 Å². The van der Waals surface area contributed by atoms with Gasteiger partial charge in [-0.15, -0.1) is 0 Å². The summed E-state index contributed by atoms with van der Waals surface area (Å²) < 4.78 is 0. The Labute approximate surface area is 133 Å². The second kappa shape index (κ2) is 7.31. The number of phenolic OH excluding ortho intramolecular Hbond substituents is 1. The Kier molecular flexibility index (Phi) is 5.19. The number of carbonyl (C=O) groups is 2. The second-order valence-electron chi connectivity index (χ2n) is 5.18.